The van der Waals surface area contributed by atoms with Crippen molar-refractivity contribution in [3.8, 4) is 5.75 Å². The molecule has 1 amide bonds. The third kappa shape index (κ3) is 2.87. The summed E-state index contributed by atoms with van der Waals surface area (Å²) in [7, 11) is 0. The molecule has 0 saturated heterocycles. The van der Waals surface area contributed by atoms with Gasteiger partial charge in [-0.1, -0.05) is 0 Å². The molecule has 2 aliphatic carbocycles. The number of ether oxygens (including phenoxy) is 1. The number of amides is 1. The summed E-state index contributed by atoms with van der Waals surface area (Å²) in [6.45, 7) is 0. The van der Waals surface area contributed by atoms with Crippen molar-refractivity contribution in [2.75, 3.05) is 0 Å². The second kappa shape index (κ2) is 6.00. The van der Waals surface area contributed by atoms with Gasteiger partial charge in [0, 0.05) is 12.0 Å². The van der Waals surface area contributed by atoms with E-state index in [2.05, 4.69) is 5.32 Å². The number of halogens is 1. The predicted molar refractivity (Wildman–Crippen MR) is 87.6 cm³/mol. The van der Waals surface area contributed by atoms with E-state index in [-0.39, 0.29) is 23.4 Å². The molecule has 2 fully saturated rings. The highest BCUT2D eigenvalue weighted by Crippen LogP contribution is 2.47. The summed E-state index contributed by atoms with van der Waals surface area (Å²) in [5, 5.41) is 12.2. The Hall–Kier alpha value is -2.11. The van der Waals surface area contributed by atoms with Crippen molar-refractivity contribution in [2.45, 2.75) is 56.6 Å². The molecule has 3 aliphatic rings. The van der Waals surface area contributed by atoms with E-state index in [1.165, 1.54) is 12.1 Å². The molecule has 0 unspecified atom stereocenters. The van der Waals surface area contributed by atoms with Gasteiger partial charge >= 0.3 is 5.97 Å². The van der Waals surface area contributed by atoms with Crippen LogP contribution in [0.25, 0.3) is 0 Å². The highest BCUT2D eigenvalue weighted by Gasteiger charge is 2.46. The first-order chi connectivity index (χ1) is 12.0. The lowest BCUT2D eigenvalue weighted by molar-refractivity contribution is -0.153. The van der Waals surface area contributed by atoms with Gasteiger partial charge in [-0.3, -0.25) is 9.59 Å². The summed E-state index contributed by atoms with van der Waals surface area (Å²) in [6.07, 6.45) is 5.76. The van der Waals surface area contributed by atoms with Crippen LogP contribution in [-0.2, 0) is 9.59 Å². The molecule has 1 aliphatic heterocycles. The Bertz CT molecular complexity index is 713. The number of carbonyl (C=O) groups is 2. The Labute approximate surface area is 145 Å². The number of carbonyl (C=O) groups excluding carboxylic acids is 1. The molecule has 0 bridgehead atoms. The molecule has 1 aromatic rings. The van der Waals surface area contributed by atoms with Gasteiger partial charge in [0.05, 0.1) is 17.9 Å². The molecule has 1 spiro atoms. The number of carboxylic acids is 1. The number of rotatable bonds is 3. The number of hydrogen-bond acceptors (Lipinski definition) is 3. The maximum absolute atomic E-state index is 13.7. The van der Waals surface area contributed by atoms with Gasteiger partial charge < -0.3 is 15.2 Å². The first-order valence-corrected chi connectivity index (χ1v) is 8.99. The van der Waals surface area contributed by atoms with Crippen molar-refractivity contribution >= 4 is 11.9 Å². The van der Waals surface area contributed by atoms with Crippen LogP contribution in [0.4, 0.5) is 4.39 Å². The number of benzene rings is 1. The van der Waals surface area contributed by atoms with Crippen LogP contribution >= 0.6 is 0 Å². The van der Waals surface area contributed by atoms with Gasteiger partial charge in [0.1, 0.15) is 17.2 Å². The molecule has 6 heteroatoms. The molecule has 134 valence electrons. The standard InChI is InChI=1S/C19H22FNO4/c20-11-3-6-16-14(9-11)15(10-19(25-16)7-1-2-8-19)21-17(22)12-4-5-13(12)18(23)24/h3,6,9,12-13,15H,1-2,4-5,7-8,10H2,(H,21,22)(H,23,24)/t12-,13+,15+/m0/s1. The Morgan fingerprint density at radius 2 is 1.92 bits per heavy atom. The van der Waals surface area contributed by atoms with E-state index in [1.54, 1.807) is 6.07 Å². The van der Waals surface area contributed by atoms with Gasteiger partial charge in [0.25, 0.3) is 0 Å². The first-order valence-electron chi connectivity index (χ1n) is 8.99. The molecule has 3 atom stereocenters. The smallest absolute Gasteiger partial charge is 0.307 e. The summed E-state index contributed by atoms with van der Waals surface area (Å²) >= 11 is 0. The average Bonchev–Trinajstić information content (AvgIpc) is 2.94. The minimum atomic E-state index is -0.919. The second-order valence-corrected chi connectivity index (χ2v) is 7.57. The van der Waals surface area contributed by atoms with Crippen LogP contribution in [0.15, 0.2) is 18.2 Å². The maximum atomic E-state index is 13.7. The summed E-state index contributed by atoms with van der Waals surface area (Å²) < 4.78 is 19.9. The van der Waals surface area contributed by atoms with Crippen LogP contribution in [0.3, 0.4) is 0 Å². The fourth-order valence-corrected chi connectivity index (χ4v) is 4.48. The molecule has 0 radical (unpaired) electrons. The average molecular weight is 347 g/mol. The van der Waals surface area contributed by atoms with Crippen LogP contribution in [0.5, 0.6) is 5.75 Å². The summed E-state index contributed by atoms with van der Waals surface area (Å²) in [4.78, 5) is 23.8. The van der Waals surface area contributed by atoms with E-state index in [9.17, 15) is 19.1 Å². The highest BCUT2D eigenvalue weighted by molar-refractivity contribution is 5.86. The van der Waals surface area contributed by atoms with Crippen molar-refractivity contribution in [1.82, 2.24) is 5.32 Å². The summed E-state index contributed by atoms with van der Waals surface area (Å²) in [5.74, 6) is -1.99. The van der Waals surface area contributed by atoms with Gasteiger partial charge in [0.2, 0.25) is 5.91 Å². The molecule has 1 aromatic carbocycles. The third-order valence-corrected chi connectivity index (χ3v) is 6.01. The van der Waals surface area contributed by atoms with E-state index in [0.717, 1.165) is 25.7 Å². The molecule has 5 nitrogen and oxygen atoms in total. The van der Waals surface area contributed by atoms with E-state index < -0.39 is 17.8 Å². The maximum Gasteiger partial charge on any atom is 0.307 e. The highest BCUT2D eigenvalue weighted by atomic mass is 19.1. The Kier molecular flexibility index (Phi) is 3.93. The van der Waals surface area contributed by atoms with Crippen LogP contribution in [-0.4, -0.2) is 22.6 Å². The van der Waals surface area contributed by atoms with E-state index in [4.69, 9.17) is 4.74 Å². The van der Waals surface area contributed by atoms with Crippen LogP contribution in [0.2, 0.25) is 0 Å². The lowest BCUT2D eigenvalue weighted by Gasteiger charge is -2.41. The fraction of sp³-hybridized carbons (Fsp3) is 0.579. The van der Waals surface area contributed by atoms with Gasteiger partial charge in [-0.2, -0.15) is 0 Å². The third-order valence-electron chi connectivity index (χ3n) is 6.01. The molecular weight excluding hydrogens is 325 g/mol. The SMILES string of the molecule is O=C(N[C@@H]1CC2(CCCC2)Oc2ccc(F)cc21)[C@H]1CC[C@H]1C(=O)O. The largest absolute Gasteiger partial charge is 0.487 e. The predicted octanol–water partition coefficient (Wildman–Crippen LogP) is 3.19. The molecular formula is C19H22FNO4. The van der Waals surface area contributed by atoms with Crippen molar-refractivity contribution < 1.29 is 23.8 Å². The Morgan fingerprint density at radius 3 is 2.56 bits per heavy atom. The van der Waals surface area contributed by atoms with Gasteiger partial charge in [0.15, 0.2) is 0 Å². The topological polar surface area (TPSA) is 75.6 Å². The second-order valence-electron chi connectivity index (χ2n) is 7.57. The van der Waals surface area contributed by atoms with Crippen molar-refractivity contribution in [1.29, 1.82) is 0 Å². The minimum Gasteiger partial charge on any atom is -0.487 e. The number of nitrogens with one attached hydrogen (secondary N) is 1. The van der Waals surface area contributed by atoms with Crippen molar-refractivity contribution in [3.63, 3.8) is 0 Å². The van der Waals surface area contributed by atoms with Crippen molar-refractivity contribution in [2.24, 2.45) is 11.8 Å². The van der Waals surface area contributed by atoms with E-state index >= 15 is 0 Å². The zero-order chi connectivity index (χ0) is 17.6. The quantitative estimate of drug-likeness (QED) is 0.880. The Balaban J connectivity index is 1.58. The molecule has 0 aromatic heterocycles. The normalized spacial score (nSPS) is 29.4. The fourth-order valence-electron chi connectivity index (χ4n) is 4.48. The molecule has 4 rings (SSSR count). The lowest BCUT2D eigenvalue weighted by Crippen LogP contribution is -2.48. The summed E-state index contributed by atoms with van der Waals surface area (Å²) in [6, 6.07) is 4.09. The van der Waals surface area contributed by atoms with Gasteiger partial charge in [-0.15, -0.1) is 0 Å². The van der Waals surface area contributed by atoms with Crippen LogP contribution < -0.4 is 10.1 Å². The molecule has 25 heavy (non-hydrogen) atoms. The molecule has 1 heterocycles. The number of fused-ring (bicyclic) bond motifs is 1. The monoisotopic (exact) mass is 347 g/mol. The van der Waals surface area contributed by atoms with E-state index in [1.807, 2.05) is 0 Å². The van der Waals surface area contributed by atoms with E-state index in [0.29, 0.717) is 30.6 Å². The zero-order valence-corrected chi connectivity index (χ0v) is 14.0. The lowest BCUT2D eigenvalue weighted by atomic mass is 9.73. The molecule has 2 N–H and O–H groups in total. The number of aliphatic carboxylic acids is 1. The zero-order valence-electron chi connectivity index (χ0n) is 14.0. The van der Waals surface area contributed by atoms with Gasteiger partial charge in [-0.05, 0) is 56.7 Å². The number of carboxylic acid groups (broad SMARTS) is 1. The van der Waals surface area contributed by atoms with Crippen molar-refractivity contribution in [3.05, 3.63) is 29.6 Å². The number of hydrogen-bond donors (Lipinski definition) is 2. The summed E-state index contributed by atoms with van der Waals surface area (Å²) in [5.41, 5.74) is 0.353. The van der Waals surface area contributed by atoms with Crippen LogP contribution in [0.1, 0.15) is 56.6 Å². The Morgan fingerprint density at radius 1 is 1.20 bits per heavy atom. The minimum absolute atomic E-state index is 0.242. The van der Waals surface area contributed by atoms with Crippen LogP contribution in [0, 0.1) is 17.7 Å². The molecule has 2 saturated carbocycles. The van der Waals surface area contributed by atoms with Gasteiger partial charge in [-0.25, -0.2) is 4.39 Å². The first kappa shape index (κ1) is 16.4.